The molecular formula is C18H14F4. The topological polar surface area (TPSA) is 0 Å². The van der Waals surface area contributed by atoms with Gasteiger partial charge in [-0.05, 0) is 40.8 Å². The molecule has 3 rings (SSSR count). The van der Waals surface area contributed by atoms with Gasteiger partial charge in [0.15, 0.2) is 0 Å². The summed E-state index contributed by atoms with van der Waals surface area (Å²) in [5.74, 6) is -8.33. The number of hydrogen-bond acceptors (Lipinski definition) is 0. The van der Waals surface area contributed by atoms with Crippen molar-refractivity contribution in [1.82, 2.24) is 0 Å². The van der Waals surface area contributed by atoms with Crippen LogP contribution in [0.5, 0.6) is 0 Å². The molecule has 0 atom stereocenters. The summed E-state index contributed by atoms with van der Waals surface area (Å²) in [5.41, 5.74) is 2.27. The first-order valence-electron chi connectivity index (χ1n) is 7.04. The normalized spacial score (nSPS) is 18.0. The van der Waals surface area contributed by atoms with E-state index in [1.165, 1.54) is 17.7 Å². The molecule has 0 aromatic heterocycles. The lowest BCUT2D eigenvalue weighted by Crippen LogP contribution is -2.38. The van der Waals surface area contributed by atoms with Crippen LogP contribution in [0.3, 0.4) is 0 Å². The highest BCUT2D eigenvalue weighted by atomic mass is 19.3. The van der Waals surface area contributed by atoms with E-state index in [2.05, 4.69) is 0 Å². The smallest absolute Gasteiger partial charge is 0.195 e. The minimum Gasteiger partial charge on any atom is -0.195 e. The van der Waals surface area contributed by atoms with Crippen molar-refractivity contribution in [1.29, 1.82) is 0 Å². The summed E-state index contributed by atoms with van der Waals surface area (Å²) in [6.45, 7) is 2.04. The van der Waals surface area contributed by atoms with Gasteiger partial charge >= 0.3 is 11.8 Å². The molecule has 1 aliphatic rings. The zero-order chi connectivity index (χ0) is 16.0. The highest BCUT2D eigenvalue weighted by Crippen LogP contribution is 2.48. The van der Waals surface area contributed by atoms with E-state index in [4.69, 9.17) is 0 Å². The van der Waals surface area contributed by atoms with Crippen molar-refractivity contribution in [2.24, 2.45) is 0 Å². The van der Waals surface area contributed by atoms with Crippen LogP contribution >= 0.6 is 0 Å². The van der Waals surface area contributed by atoms with Crippen molar-refractivity contribution >= 4 is 6.08 Å². The maximum Gasteiger partial charge on any atom is 0.339 e. The Labute approximate surface area is 126 Å². The highest BCUT2D eigenvalue weighted by Gasteiger charge is 2.57. The van der Waals surface area contributed by atoms with Crippen LogP contribution in [0, 0.1) is 0 Å². The minimum atomic E-state index is -4.18. The van der Waals surface area contributed by atoms with Crippen molar-refractivity contribution < 1.29 is 17.6 Å². The number of allylic oxidation sites excluding steroid dienone is 1. The summed E-state index contributed by atoms with van der Waals surface area (Å²) in [4.78, 5) is 0. The van der Waals surface area contributed by atoms with Gasteiger partial charge in [0.1, 0.15) is 0 Å². The summed E-state index contributed by atoms with van der Waals surface area (Å²) in [6.07, 6.45) is 2.25. The largest absolute Gasteiger partial charge is 0.339 e. The first-order valence-corrected chi connectivity index (χ1v) is 7.04. The van der Waals surface area contributed by atoms with Crippen molar-refractivity contribution in [3.05, 3.63) is 65.2 Å². The van der Waals surface area contributed by atoms with Gasteiger partial charge in [-0.25, -0.2) is 0 Å². The van der Waals surface area contributed by atoms with Crippen LogP contribution in [0.25, 0.3) is 17.2 Å². The third kappa shape index (κ3) is 2.23. The second-order valence-corrected chi connectivity index (χ2v) is 5.38. The van der Waals surface area contributed by atoms with E-state index in [0.29, 0.717) is 0 Å². The quantitative estimate of drug-likeness (QED) is 0.627. The van der Waals surface area contributed by atoms with E-state index < -0.39 is 17.4 Å². The Bertz CT molecular complexity index is 727. The molecule has 0 N–H and O–H groups in total. The molecule has 1 aliphatic carbocycles. The number of hydrogen-bond donors (Lipinski definition) is 0. The first kappa shape index (κ1) is 14.8. The molecule has 0 saturated heterocycles. The van der Waals surface area contributed by atoms with Crippen LogP contribution in [0.4, 0.5) is 17.6 Å². The fourth-order valence-corrected chi connectivity index (χ4v) is 2.58. The molecule has 0 fully saturated rings. The molecule has 2 aromatic carbocycles. The van der Waals surface area contributed by atoms with Gasteiger partial charge in [-0.2, -0.15) is 17.6 Å². The maximum atomic E-state index is 13.8. The van der Waals surface area contributed by atoms with Crippen LogP contribution in [0.15, 0.2) is 48.5 Å². The molecule has 0 amide bonds. The molecule has 2 aromatic rings. The Kier molecular flexibility index (Phi) is 3.35. The zero-order valence-electron chi connectivity index (χ0n) is 11.9. The molecule has 0 saturated carbocycles. The van der Waals surface area contributed by atoms with E-state index in [1.807, 2.05) is 31.2 Å². The van der Waals surface area contributed by atoms with Gasteiger partial charge in [0.05, 0.1) is 0 Å². The average Bonchev–Trinajstić information content (AvgIpc) is 2.51. The van der Waals surface area contributed by atoms with E-state index in [0.717, 1.165) is 29.7 Å². The Balaban J connectivity index is 2.05. The maximum absolute atomic E-state index is 13.8. The molecule has 114 valence electrons. The molecular weight excluding hydrogens is 292 g/mol. The van der Waals surface area contributed by atoms with Gasteiger partial charge in [-0.3, -0.25) is 0 Å². The van der Waals surface area contributed by atoms with E-state index in [9.17, 15) is 17.6 Å². The van der Waals surface area contributed by atoms with Crippen molar-refractivity contribution in [3.8, 4) is 11.1 Å². The molecule has 0 aliphatic heterocycles. The van der Waals surface area contributed by atoms with E-state index >= 15 is 0 Å². The summed E-state index contributed by atoms with van der Waals surface area (Å²) in [5, 5.41) is 0. The van der Waals surface area contributed by atoms with Crippen LogP contribution in [-0.2, 0) is 12.3 Å². The third-order valence-corrected chi connectivity index (χ3v) is 3.98. The molecule has 0 spiro atoms. The number of fused-ring (bicyclic) bond motifs is 1. The second-order valence-electron chi connectivity index (χ2n) is 5.38. The predicted octanol–water partition coefficient (Wildman–Crippen LogP) is 5.67. The lowest BCUT2D eigenvalue weighted by molar-refractivity contribution is -0.187. The SMILES string of the molecule is CCc1ccc(-c2ccc3c(c2)C=CC(F)(F)C3(F)F)cc1. The van der Waals surface area contributed by atoms with Gasteiger partial charge in [-0.1, -0.05) is 49.4 Å². The van der Waals surface area contributed by atoms with E-state index in [-0.39, 0.29) is 11.6 Å². The number of alkyl halides is 4. The highest BCUT2D eigenvalue weighted by molar-refractivity contribution is 5.71. The lowest BCUT2D eigenvalue weighted by Gasteiger charge is -2.29. The second kappa shape index (κ2) is 4.97. The molecule has 0 bridgehead atoms. The van der Waals surface area contributed by atoms with Crippen LogP contribution in [0.1, 0.15) is 23.6 Å². The van der Waals surface area contributed by atoms with Crippen LogP contribution < -0.4 is 0 Å². The van der Waals surface area contributed by atoms with Crippen LogP contribution in [-0.4, -0.2) is 5.92 Å². The molecule has 0 nitrogen and oxygen atoms in total. The first-order chi connectivity index (χ1) is 10.3. The lowest BCUT2D eigenvalue weighted by atomic mass is 9.88. The Morgan fingerprint density at radius 3 is 2.14 bits per heavy atom. The predicted molar refractivity (Wildman–Crippen MR) is 79.1 cm³/mol. The number of aryl methyl sites for hydroxylation is 1. The Morgan fingerprint density at radius 2 is 1.50 bits per heavy atom. The summed E-state index contributed by atoms with van der Waals surface area (Å²) >= 11 is 0. The minimum absolute atomic E-state index is 0.132. The van der Waals surface area contributed by atoms with Gasteiger partial charge in [0, 0.05) is 5.56 Å². The van der Waals surface area contributed by atoms with Crippen LogP contribution in [0.2, 0.25) is 0 Å². The van der Waals surface area contributed by atoms with Crippen molar-refractivity contribution in [2.75, 3.05) is 0 Å². The number of rotatable bonds is 2. The van der Waals surface area contributed by atoms with Gasteiger partial charge in [0.25, 0.3) is 0 Å². The summed E-state index contributed by atoms with van der Waals surface area (Å²) < 4.78 is 54.3. The average molecular weight is 306 g/mol. The van der Waals surface area contributed by atoms with E-state index in [1.54, 1.807) is 0 Å². The molecule has 0 unspecified atom stereocenters. The number of halogens is 4. The molecule has 0 radical (unpaired) electrons. The molecule has 0 heterocycles. The fourth-order valence-electron chi connectivity index (χ4n) is 2.58. The van der Waals surface area contributed by atoms with Gasteiger partial charge < -0.3 is 0 Å². The molecule has 22 heavy (non-hydrogen) atoms. The summed E-state index contributed by atoms with van der Waals surface area (Å²) in [7, 11) is 0. The summed E-state index contributed by atoms with van der Waals surface area (Å²) in [6, 6.07) is 11.8. The van der Waals surface area contributed by atoms with Gasteiger partial charge in [0.2, 0.25) is 0 Å². The standard InChI is InChI=1S/C18H14F4/c1-2-12-3-5-13(6-4-12)14-7-8-16-15(11-14)9-10-17(19,20)18(16,21)22/h3-11H,2H2,1H3. The third-order valence-electron chi connectivity index (χ3n) is 3.98. The Hall–Kier alpha value is -2.10. The van der Waals surface area contributed by atoms with Crippen molar-refractivity contribution in [3.63, 3.8) is 0 Å². The zero-order valence-corrected chi connectivity index (χ0v) is 11.9. The molecule has 4 heteroatoms. The van der Waals surface area contributed by atoms with Gasteiger partial charge in [-0.15, -0.1) is 0 Å². The Morgan fingerprint density at radius 1 is 0.864 bits per heavy atom. The van der Waals surface area contributed by atoms with Crippen molar-refractivity contribution in [2.45, 2.75) is 25.2 Å². The fraction of sp³-hybridized carbons (Fsp3) is 0.222. The monoisotopic (exact) mass is 306 g/mol. The number of benzene rings is 2.